The third-order valence-electron chi connectivity index (χ3n) is 8.12. The van der Waals surface area contributed by atoms with Crippen LogP contribution < -0.4 is 10.4 Å². The average molecular weight is 475 g/mol. The van der Waals surface area contributed by atoms with Crippen molar-refractivity contribution in [2.75, 3.05) is 0 Å². The van der Waals surface area contributed by atoms with Crippen LogP contribution in [0.1, 0.15) is 119 Å². The Labute approximate surface area is 205 Å². The van der Waals surface area contributed by atoms with E-state index in [1.807, 2.05) is 10.4 Å². The fraction of sp³-hybridized carbons (Fsp3) is 0.800. The van der Waals surface area contributed by atoms with Crippen LogP contribution >= 0.6 is 0 Å². The second kappa shape index (κ2) is 17.1. The van der Waals surface area contributed by atoms with Gasteiger partial charge in [0.05, 0.1) is 16.1 Å². The SMILES string of the molecule is CCCC[Si](CCCC)(CCCC)c1ccccc1[Si](CCCC)(CCCC)CCCC. The zero-order chi connectivity index (χ0) is 23.7. The van der Waals surface area contributed by atoms with Gasteiger partial charge in [-0.25, -0.2) is 0 Å². The van der Waals surface area contributed by atoms with Crippen molar-refractivity contribution < 1.29 is 0 Å². The fourth-order valence-corrected chi connectivity index (χ4v) is 19.2. The molecule has 186 valence electrons. The van der Waals surface area contributed by atoms with E-state index in [1.54, 1.807) is 36.3 Å². The van der Waals surface area contributed by atoms with Crippen LogP contribution in [0.15, 0.2) is 24.3 Å². The molecular weight excluding hydrogens is 417 g/mol. The predicted molar refractivity (Wildman–Crippen MR) is 156 cm³/mol. The van der Waals surface area contributed by atoms with Crippen molar-refractivity contribution in [2.24, 2.45) is 0 Å². The Morgan fingerprint density at radius 3 is 0.812 bits per heavy atom. The van der Waals surface area contributed by atoms with Gasteiger partial charge in [0, 0.05) is 0 Å². The average Bonchev–Trinajstić information content (AvgIpc) is 2.84. The van der Waals surface area contributed by atoms with Crippen LogP contribution in [0.4, 0.5) is 0 Å². The summed E-state index contributed by atoms with van der Waals surface area (Å²) in [4.78, 5) is 0. The van der Waals surface area contributed by atoms with E-state index in [0.29, 0.717) is 0 Å². The highest BCUT2D eigenvalue weighted by Crippen LogP contribution is 2.32. The largest absolute Gasteiger partial charge is 0.0865 e. The maximum atomic E-state index is 2.67. The minimum absolute atomic E-state index is 1.36. The Morgan fingerprint density at radius 1 is 0.406 bits per heavy atom. The van der Waals surface area contributed by atoms with Crippen molar-refractivity contribution in [3.05, 3.63) is 24.3 Å². The molecule has 1 aromatic carbocycles. The zero-order valence-corrected chi connectivity index (χ0v) is 25.0. The summed E-state index contributed by atoms with van der Waals surface area (Å²) < 4.78 is 0. The number of benzene rings is 1. The van der Waals surface area contributed by atoms with Gasteiger partial charge >= 0.3 is 0 Å². The van der Waals surface area contributed by atoms with Gasteiger partial charge in [-0.05, 0) is 0 Å². The van der Waals surface area contributed by atoms with E-state index in [0.717, 1.165) is 0 Å². The molecule has 1 aromatic rings. The van der Waals surface area contributed by atoms with Crippen LogP contribution in [-0.2, 0) is 0 Å². The highest BCUT2D eigenvalue weighted by molar-refractivity contribution is 7.01. The van der Waals surface area contributed by atoms with E-state index in [-0.39, 0.29) is 0 Å². The molecule has 2 heteroatoms. The lowest BCUT2D eigenvalue weighted by Crippen LogP contribution is -2.63. The molecule has 0 atom stereocenters. The van der Waals surface area contributed by atoms with Crippen molar-refractivity contribution >= 4 is 26.5 Å². The molecule has 0 fully saturated rings. The van der Waals surface area contributed by atoms with Crippen molar-refractivity contribution in [2.45, 2.75) is 155 Å². The first-order chi connectivity index (χ1) is 15.6. The fourth-order valence-electron chi connectivity index (χ4n) is 6.06. The van der Waals surface area contributed by atoms with Crippen LogP contribution in [0.5, 0.6) is 0 Å². The van der Waals surface area contributed by atoms with Gasteiger partial charge in [0.25, 0.3) is 0 Å². The number of unbranched alkanes of at least 4 members (excludes halogenated alkanes) is 6. The van der Waals surface area contributed by atoms with E-state index in [9.17, 15) is 0 Å². The smallest absolute Gasteiger partial charge is 0.0654 e. The van der Waals surface area contributed by atoms with Crippen molar-refractivity contribution in [3.63, 3.8) is 0 Å². The molecule has 0 heterocycles. The molecule has 0 aliphatic rings. The van der Waals surface area contributed by atoms with Crippen LogP contribution in [-0.4, -0.2) is 16.1 Å². The summed E-state index contributed by atoms with van der Waals surface area (Å²) >= 11 is 0. The van der Waals surface area contributed by atoms with Crippen LogP contribution in [0, 0.1) is 0 Å². The standard InChI is InChI=1S/C30H58Si2/c1-7-13-23-31(24-14-8-2,25-15-9-3)29-21-19-20-22-30(29)32(26-16-10-4,27-17-11-5)28-18-12-6/h19-22H,7-18,23-28H2,1-6H3. The van der Waals surface area contributed by atoms with Gasteiger partial charge in [0.2, 0.25) is 0 Å². The van der Waals surface area contributed by atoms with Crippen LogP contribution in [0.2, 0.25) is 36.3 Å². The number of hydrogen-bond acceptors (Lipinski definition) is 0. The molecule has 0 unspecified atom stereocenters. The topological polar surface area (TPSA) is 0 Å². The summed E-state index contributed by atoms with van der Waals surface area (Å²) in [5.74, 6) is 0. The summed E-state index contributed by atoms with van der Waals surface area (Å²) in [5, 5.41) is 3.93. The normalized spacial score (nSPS) is 12.4. The highest BCUT2D eigenvalue weighted by Gasteiger charge is 2.41. The Hall–Kier alpha value is -0.346. The molecular formula is C30H58Si2. The summed E-state index contributed by atoms with van der Waals surface area (Å²) in [5.41, 5.74) is 0. The van der Waals surface area contributed by atoms with Crippen LogP contribution in [0.25, 0.3) is 0 Å². The molecule has 0 saturated carbocycles. The molecule has 0 saturated heterocycles. The Kier molecular flexibility index (Phi) is 15.9. The molecule has 0 aliphatic carbocycles. The monoisotopic (exact) mass is 474 g/mol. The third-order valence-corrected chi connectivity index (χ3v) is 19.4. The quantitative estimate of drug-likeness (QED) is 0.165. The van der Waals surface area contributed by atoms with Crippen molar-refractivity contribution in [1.29, 1.82) is 0 Å². The lowest BCUT2D eigenvalue weighted by molar-refractivity contribution is 0.797. The van der Waals surface area contributed by atoms with E-state index in [4.69, 9.17) is 0 Å². The molecule has 0 amide bonds. The van der Waals surface area contributed by atoms with Gasteiger partial charge in [0.1, 0.15) is 0 Å². The lowest BCUT2D eigenvalue weighted by Gasteiger charge is -2.41. The van der Waals surface area contributed by atoms with Gasteiger partial charge in [-0.15, -0.1) is 0 Å². The molecule has 0 radical (unpaired) electrons. The molecule has 0 aromatic heterocycles. The van der Waals surface area contributed by atoms with E-state index >= 15 is 0 Å². The van der Waals surface area contributed by atoms with Gasteiger partial charge in [0.15, 0.2) is 0 Å². The third kappa shape index (κ3) is 8.78. The number of hydrogen-bond donors (Lipinski definition) is 0. The Balaban J connectivity index is 3.66. The van der Waals surface area contributed by atoms with E-state index < -0.39 is 16.1 Å². The zero-order valence-electron chi connectivity index (χ0n) is 23.0. The predicted octanol–water partition coefficient (Wildman–Crippen LogP) is 9.80. The molecule has 0 spiro atoms. The summed E-state index contributed by atoms with van der Waals surface area (Å²) in [6, 6.07) is 19.4. The van der Waals surface area contributed by atoms with Crippen molar-refractivity contribution in [1.82, 2.24) is 0 Å². The molecule has 0 nitrogen and oxygen atoms in total. The Morgan fingerprint density at radius 2 is 0.625 bits per heavy atom. The second-order valence-corrected chi connectivity index (χ2v) is 19.9. The first-order valence-electron chi connectivity index (χ1n) is 14.7. The van der Waals surface area contributed by atoms with Gasteiger partial charge in [-0.2, -0.15) is 0 Å². The number of rotatable bonds is 20. The first kappa shape index (κ1) is 29.7. The maximum Gasteiger partial charge on any atom is 0.0865 e. The second-order valence-electron chi connectivity index (χ2n) is 10.7. The Bertz CT molecular complexity index is 485. The molecule has 0 bridgehead atoms. The molecule has 1 rings (SSSR count). The van der Waals surface area contributed by atoms with E-state index in [1.165, 1.54) is 77.0 Å². The maximum absolute atomic E-state index is 2.67. The first-order valence-corrected chi connectivity index (χ1v) is 19.9. The summed E-state index contributed by atoms with van der Waals surface area (Å²) in [6.07, 6.45) is 16.8. The minimum Gasteiger partial charge on any atom is -0.0654 e. The summed E-state index contributed by atoms with van der Waals surface area (Å²) in [6.45, 7) is 14.5. The van der Waals surface area contributed by atoms with Crippen LogP contribution in [0.3, 0.4) is 0 Å². The highest BCUT2D eigenvalue weighted by atomic mass is 28.3. The minimum atomic E-state index is -1.47. The van der Waals surface area contributed by atoms with Crippen molar-refractivity contribution in [3.8, 4) is 0 Å². The molecule has 0 N–H and O–H groups in total. The summed E-state index contributed by atoms with van der Waals surface area (Å²) in [7, 11) is -2.94. The molecule has 0 aliphatic heterocycles. The lowest BCUT2D eigenvalue weighted by atomic mass is 10.3. The van der Waals surface area contributed by atoms with Gasteiger partial charge in [-0.3, -0.25) is 0 Å². The van der Waals surface area contributed by atoms with Gasteiger partial charge in [-0.1, -0.05) is 189 Å². The molecule has 32 heavy (non-hydrogen) atoms. The van der Waals surface area contributed by atoms with E-state index in [2.05, 4.69) is 65.8 Å². The van der Waals surface area contributed by atoms with Gasteiger partial charge < -0.3 is 0 Å².